The topological polar surface area (TPSA) is 77.0 Å². The molecule has 0 atom stereocenters. The molecule has 0 bridgehead atoms. The van der Waals surface area contributed by atoms with Gasteiger partial charge in [-0.1, -0.05) is 13.8 Å². The van der Waals surface area contributed by atoms with E-state index in [4.69, 9.17) is 0 Å². The van der Waals surface area contributed by atoms with Crippen LogP contribution in [0.25, 0.3) is 0 Å². The number of carbonyl (C=O) groups is 2. The maximum atomic E-state index is 12.1. The lowest BCUT2D eigenvalue weighted by atomic mass is 10.2. The zero-order chi connectivity index (χ0) is 16.1. The Morgan fingerprint density at radius 1 is 1.27 bits per heavy atom. The van der Waals surface area contributed by atoms with Gasteiger partial charge >= 0.3 is 0 Å². The number of nitrogens with one attached hydrogen (secondary N) is 2. The maximum absolute atomic E-state index is 12.1. The van der Waals surface area contributed by atoms with E-state index >= 15 is 0 Å². The van der Waals surface area contributed by atoms with Gasteiger partial charge in [-0.2, -0.15) is 0 Å². The van der Waals surface area contributed by atoms with Crippen molar-refractivity contribution in [3.05, 3.63) is 0 Å². The Morgan fingerprint density at radius 2 is 1.95 bits per heavy atom. The third kappa shape index (κ3) is 4.35. The average molecular weight is 309 g/mol. The Hall–Kier alpha value is -1.79. The molecule has 0 aromatic heterocycles. The minimum Gasteiger partial charge on any atom is -0.354 e. The first-order valence-corrected chi connectivity index (χ1v) is 8.05. The SMILES string of the molecule is CN=C(NCCNC(=O)C(C)C)N1CCN(C2CC2)C(=O)C1. The van der Waals surface area contributed by atoms with Gasteiger partial charge in [0.15, 0.2) is 5.96 Å². The van der Waals surface area contributed by atoms with Crippen LogP contribution in [0.5, 0.6) is 0 Å². The second-order valence-electron chi connectivity index (χ2n) is 6.16. The van der Waals surface area contributed by atoms with Crippen LogP contribution < -0.4 is 10.6 Å². The van der Waals surface area contributed by atoms with E-state index in [1.54, 1.807) is 7.05 Å². The summed E-state index contributed by atoms with van der Waals surface area (Å²) in [6.07, 6.45) is 2.29. The van der Waals surface area contributed by atoms with E-state index in [1.807, 2.05) is 23.6 Å². The molecule has 1 aliphatic heterocycles. The first-order chi connectivity index (χ1) is 10.5. The summed E-state index contributed by atoms with van der Waals surface area (Å²) >= 11 is 0. The number of piperazine rings is 1. The molecule has 0 unspecified atom stereocenters. The summed E-state index contributed by atoms with van der Waals surface area (Å²) in [6, 6.07) is 0.482. The molecule has 0 aromatic carbocycles. The van der Waals surface area contributed by atoms with Gasteiger partial charge in [0.1, 0.15) is 0 Å². The van der Waals surface area contributed by atoms with Crippen LogP contribution in [-0.2, 0) is 9.59 Å². The molecule has 7 heteroatoms. The molecule has 0 aromatic rings. The van der Waals surface area contributed by atoms with E-state index in [0.717, 1.165) is 31.9 Å². The van der Waals surface area contributed by atoms with Crippen molar-refractivity contribution in [1.82, 2.24) is 20.4 Å². The lowest BCUT2D eigenvalue weighted by Crippen LogP contribution is -2.56. The summed E-state index contributed by atoms with van der Waals surface area (Å²) in [5.74, 6) is 0.949. The van der Waals surface area contributed by atoms with E-state index in [1.165, 1.54) is 0 Å². The third-order valence-corrected chi connectivity index (χ3v) is 3.99. The Bertz CT molecular complexity index is 445. The molecule has 22 heavy (non-hydrogen) atoms. The first kappa shape index (κ1) is 16.6. The predicted octanol–water partition coefficient (Wildman–Crippen LogP) is -0.359. The Morgan fingerprint density at radius 3 is 2.50 bits per heavy atom. The standard InChI is InChI=1S/C15H27N5O2/c1-11(2)14(22)17-6-7-18-15(16-3)19-8-9-20(12-4-5-12)13(21)10-19/h11-12H,4-10H2,1-3H3,(H,16,18)(H,17,22). The summed E-state index contributed by atoms with van der Waals surface area (Å²) in [5, 5.41) is 6.06. The van der Waals surface area contributed by atoms with Gasteiger partial charge in [0.05, 0.1) is 6.54 Å². The molecule has 0 spiro atoms. The number of carbonyl (C=O) groups excluding carboxylic acids is 2. The monoisotopic (exact) mass is 309 g/mol. The molecular weight excluding hydrogens is 282 g/mol. The van der Waals surface area contributed by atoms with Gasteiger partial charge in [0, 0.05) is 45.2 Å². The predicted molar refractivity (Wildman–Crippen MR) is 85.5 cm³/mol. The van der Waals surface area contributed by atoms with Crippen LogP contribution in [0, 0.1) is 5.92 Å². The van der Waals surface area contributed by atoms with Crippen molar-refractivity contribution in [2.24, 2.45) is 10.9 Å². The molecule has 0 radical (unpaired) electrons. The van der Waals surface area contributed by atoms with Gasteiger partial charge in [-0.25, -0.2) is 0 Å². The summed E-state index contributed by atoms with van der Waals surface area (Å²) < 4.78 is 0. The first-order valence-electron chi connectivity index (χ1n) is 8.05. The van der Waals surface area contributed by atoms with Gasteiger partial charge in [-0.05, 0) is 12.8 Å². The van der Waals surface area contributed by atoms with E-state index in [0.29, 0.717) is 25.7 Å². The number of amides is 2. The zero-order valence-electron chi connectivity index (χ0n) is 13.8. The number of aliphatic imine (C=N–C) groups is 1. The number of hydrogen-bond donors (Lipinski definition) is 2. The molecule has 2 rings (SSSR count). The number of guanidine groups is 1. The summed E-state index contributed by atoms with van der Waals surface area (Å²) in [4.78, 5) is 31.8. The minimum atomic E-state index is -0.00700. The average Bonchev–Trinajstić information content (AvgIpc) is 3.31. The van der Waals surface area contributed by atoms with E-state index < -0.39 is 0 Å². The van der Waals surface area contributed by atoms with Crippen molar-refractivity contribution in [3.63, 3.8) is 0 Å². The van der Waals surface area contributed by atoms with Gasteiger partial charge in [-0.15, -0.1) is 0 Å². The van der Waals surface area contributed by atoms with Gasteiger partial charge < -0.3 is 20.4 Å². The van der Waals surface area contributed by atoms with Crippen LogP contribution in [0.2, 0.25) is 0 Å². The minimum absolute atomic E-state index is 0.00700. The van der Waals surface area contributed by atoms with Crippen LogP contribution >= 0.6 is 0 Å². The second kappa shape index (κ2) is 7.47. The Balaban J connectivity index is 1.73. The molecule has 1 aliphatic carbocycles. The fourth-order valence-electron chi connectivity index (χ4n) is 2.54. The number of nitrogens with zero attached hydrogens (tertiary/aromatic N) is 3. The van der Waals surface area contributed by atoms with Crippen molar-refractivity contribution in [2.75, 3.05) is 39.8 Å². The van der Waals surface area contributed by atoms with Gasteiger partial charge in [0.25, 0.3) is 0 Å². The molecule has 2 N–H and O–H groups in total. The fraction of sp³-hybridized carbons (Fsp3) is 0.800. The molecule has 7 nitrogen and oxygen atoms in total. The van der Waals surface area contributed by atoms with Gasteiger partial charge in [-0.3, -0.25) is 14.6 Å². The Labute approximate surface area is 132 Å². The number of rotatable bonds is 5. The third-order valence-electron chi connectivity index (χ3n) is 3.99. The van der Waals surface area contributed by atoms with E-state index in [9.17, 15) is 9.59 Å². The van der Waals surface area contributed by atoms with Crippen molar-refractivity contribution in [1.29, 1.82) is 0 Å². The highest BCUT2D eigenvalue weighted by Gasteiger charge is 2.36. The second-order valence-corrected chi connectivity index (χ2v) is 6.16. The molecule has 124 valence electrons. The number of hydrogen-bond acceptors (Lipinski definition) is 3. The molecule has 1 saturated heterocycles. The molecule has 2 amide bonds. The highest BCUT2D eigenvalue weighted by molar-refractivity contribution is 5.88. The smallest absolute Gasteiger partial charge is 0.242 e. The highest BCUT2D eigenvalue weighted by atomic mass is 16.2. The zero-order valence-corrected chi connectivity index (χ0v) is 13.8. The maximum Gasteiger partial charge on any atom is 0.242 e. The quantitative estimate of drug-likeness (QED) is 0.413. The fourth-order valence-corrected chi connectivity index (χ4v) is 2.54. The van der Waals surface area contributed by atoms with E-state index in [2.05, 4.69) is 15.6 Å². The molecule has 1 saturated carbocycles. The lowest BCUT2D eigenvalue weighted by Gasteiger charge is -2.36. The van der Waals surface area contributed by atoms with Gasteiger partial charge in [0.2, 0.25) is 11.8 Å². The van der Waals surface area contributed by atoms with Crippen LogP contribution in [0.3, 0.4) is 0 Å². The van der Waals surface area contributed by atoms with Crippen molar-refractivity contribution in [3.8, 4) is 0 Å². The Kier molecular flexibility index (Phi) is 5.63. The molecule has 2 aliphatic rings. The molecular formula is C15H27N5O2. The summed E-state index contributed by atoms with van der Waals surface area (Å²) in [7, 11) is 1.72. The highest BCUT2D eigenvalue weighted by Crippen LogP contribution is 2.27. The summed E-state index contributed by atoms with van der Waals surface area (Å²) in [5.41, 5.74) is 0. The molecule has 2 fully saturated rings. The lowest BCUT2D eigenvalue weighted by molar-refractivity contribution is -0.135. The van der Waals surface area contributed by atoms with Crippen molar-refractivity contribution >= 4 is 17.8 Å². The summed E-state index contributed by atoms with van der Waals surface area (Å²) in [6.45, 7) is 6.84. The van der Waals surface area contributed by atoms with E-state index in [-0.39, 0.29) is 17.7 Å². The van der Waals surface area contributed by atoms with Crippen LogP contribution in [0.1, 0.15) is 26.7 Å². The van der Waals surface area contributed by atoms with Crippen molar-refractivity contribution < 1.29 is 9.59 Å². The van der Waals surface area contributed by atoms with Crippen LogP contribution in [0.4, 0.5) is 0 Å². The molecule has 1 heterocycles. The van der Waals surface area contributed by atoms with Crippen LogP contribution in [0.15, 0.2) is 4.99 Å². The van der Waals surface area contributed by atoms with Crippen molar-refractivity contribution in [2.45, 2.75) is 32.7 Å². The largest absolute Gasteiger partial charge is 0.354 e. The normalized spacial score (nSPS) is 19.6. The van der Waals surface area contributed by atoms with Crippen LogP contribution in [-0.4, -0.2) is 73.4 Å².